The van der Waals surface area contributed by atoms with E-state index in [1.165, 1.54) is 0 Å². The van der Waals surface area contributed by atoms with Crippen LogP contribution >= 0.6 is 50.9 Å². The van der Waals surface area contributed by atoms with E-state index in [4.69, 9.17) is 33.1 Å². The SMILES string of the molecule is Cn1nc(-c2ccccc2)c(/C=N/OCc2cccc(Cl)c2Cl)c1Sc1ccc(Br)cc1. The summed E-state index contributed by atoms with van der Waals surface area (Å²) >= 11 is 17.4. The molecular weight excluding hydrogens is 529 g/mol. The number of halogens is 3. The van der Waals surface area contributed by atoms with Gasteiger partial charge in [-0.05, 0) is 30.3 Å². The molecule has 3 aromatic carbocycles. The zero-order valence-electron chi connectivity index (χ0n) is 17.0. The van der Waals surface area contributed by atoms with Crippen LogP contribution in [0.2, 0.25) is 10.0 Å². The summed E-state index contributed by atoms with van der Waals surface area (Å²) in [6.45, 7) is 0.214. The molecule has 4 aromatic rings. The highest BCUT2D eigenvalue weighted by Gasteiger charge is 2.18. The second-order valence-corrected chi connectivity index (χ2v) is 9.60. The van der Waals surface area contributed by atoms with E-state index in [2.05, 4.69) is 33.2 Å². The summed E-state index contributed by atoms with van der Waals surface area (Å²) in [6.07, 6.45) is 1.70. The van der Waals surface area contributed by atoms with Crippen LogP contribution in [0, 0.1) is 0 Å². The summed E-state index contributed by atoms with van der Waals surface area (Å²) < 4.78 is 2.90. The van der Waals surface area contributed by atoms with E-state index in [-0.39, 0.29) is 6.61 Å². The van der Waals surface area contributed by atoms with Crippen molar-refractivity contribution in [3.63, 3.8) is 0 Å². The zero-order chi connectivity index (χ0) is 22.5. The Kier molecular flexibility index (Phi) is 7.58. The molecule has 0 fully saturated rings. The van der Waals surface area contributed by atoms with Gasteiger partial charge >= 0.3 is 0 Å². The van der Waals surface area contributed by atoms with Crippen molar-refractivity contribution < 1.29 is 4.84 Å². The van der Waals surface area contributed by atoms with E-state index in [1.807, 2.05) is 66.3 Å². The molecule has 0 aliphatic carbocycles. The average Bonchev–Trinajstić information content (AvgIpc) is 3.11. The molecule has 8 heteroatoms. The highest BCUT2D eigenvalue weighted by molar-refractivity contribution is 9.10. The van der Waals surface area contributed by atoms with Gasteiger partial charge in [0.25, 0.3) is 0 Å². The second kappa shape index (κ2) is 10.6. The fraction of sp³-hybridized carbons (Fsp3) is 0.0833. The molecule has 0 unspecified atom stereocenters. The highest BCUT2D eigenvalue weighted by Crippen LogP contribution is 2.35. The number of nitrogens with zero attached hydrogens (tertiary/aromatic N) is 3. The van der Waals surface area contributed by atoms with Gasteiger partial charge in [-0.1, -0.05) is 98.5 Å². The Labute approximate surface area is 209 Å². The van der Waals surface area contributed by atoms with Crippen molar-refractivity contribution in [3.05, 3.63) is 98.4 Å². The largest absolute Gasteiger partial charge is 0.391 e. The third-order valence-corrected chi connectivity index (χ3v) is 7.18. The molecular formula is C24H18BrCl2N3OS. The van der Waals surface area contributed by atoms with Crippen LogP contribution in [0.25, 0.3) is 11.3 Å². The average molecular weight is 547 g/mol. The topological polar surface area (TPSA) is 39.4 Å². The number of rotatable bonds is 7. The maximum Gasteiger partial charge on any atom is 0.143 e. The third kappa shape index (κ3) is 5.38. The van der Waals surface area contributed by atoms with Gasteiger partial charge in [0.15, 0.2) is 0 Å². The zero-order valence-corrected chi connectivity index (χ0v) is 20.9. The van der Waals surface area contributed by atoms with Crippen molar-refractivity contribution in [2.75, 3.05) is 0 Å². The Hall–Kier alpha value is -2.25. The summed E-state index contributed by atoms with van der Waals surface area (Å²) in [6, 6.07) is 23.6. The molecule has 162 valence electrons. The second-order valence-electron chi connectivity index (χ2n) is 6.83. The molecule has 4 rings (SSSR count). The number of benzene rings is 3. The predicted molar refractivity (Wildman–Crippen MR) is 136 cm³/mol. The van der Waals surface area contributed by atoms with Crippen molar-refractivity contribution in [3.8, 4) is 11.3 Å². The fourth-order valence-corrected chi connectivity index (χ4v) is 4.61. The maximum atomic E-state index is 6.24. The molecule has 0 N–H and O–H groups in total. The van der Waals surface area contributed by atoms with E-state index in [0.29, 0.717) is 10.0 Å². The van der Waals surface area contributed by atoms with Crippen LogP contribution in [0.15, 0.2) is 92.3 Å². The Morgan fingerprint density at radius 1 is 1.03 bits per heavy atom. The lowest BCUT2D eigenvalue weighted by Gasteiger charge is -2.06. The molecule has 0 atom stereocenters. The number of aromatic nitrogens is 2. The molecule has 0 radical (unpaired) electrons. The van der Waals surface area contributed by atoms with Crippen LogP contribution in [0.3, 0.4) is 0 Å². The predicted octanol–water partition coefficient (Wildman–Crippen LogP) is 7.86. The number of hydrogen-bond acceptors (Lipinski definition) is 4. The van der Waals surface area contributed by atoms with Crippen molar-refractivity contribution in [1.29, 1.82) is 0 Å². The summed E-state index contributed by atoms with van der Waals surface area (Å²) in [7, 11) is 1.93. The number of hydrogen-bond donors (Lipinski definition) is 0. The summed E-state index contributed by atoms with van der Waals surface area (Å²) in [5.41, 5.74) is 3.49. The molecule has 0 aliphatic rings. The first-order valence-corrected chi connectivity index (χ1v) is 12.0. The molecule has 1 aromatic heterocycles. The molecule has 0 amide bonds. The van der Waals surface area contributed by atoms with Crippen molar-refractivity contribution >= 4 is 57.1 Å². The third-order valence-electron chi connectivity index (χ3n) is 4.61. The minimum absolute atomic E-state index is 0.214. The Morgan fingerprint density at radius 3 is 2.53 bits per heavy atom. The molecule has 4 nitrogen and oxygen atoms in total. The van der Waals surface area contributed by atoms with Gasteiger partial charge in [-0.2, -0.15) is 5.10 Å². The number of oxime groups is 1. The van der Waals surface area contributed by atoms with E-state index >= 15 is 0 Å². The summed E-state index contributed by atoms with van der Waals surface area (Å²) in [4.78, 5) is 6.65. The molecule has 1 heterocycles. The Balaban J connectivity index is 1.64. The maximum absolute atomic E-state index is 6.24. The van der Waals surface area contributed by atoms with Gasteiger partial charge in [0.05, 0.1) is 21.8 Å². The highest BCUT2D eigenvalue weighted by atomic mass is 79.9. The van der Waals surface area contributed by atoms with Gasteiger partial charge in [0.2, 0.25) is 0 Å². The van der Waals surface area contributed by atoms with Crippen molar-refractivity contribution in [1.82, 2.24) is 9.78 Å². The van der Waals surface area contributed by atoms with Crippen LogP contribution < -0.4 is 0 Å². The lowest BCUT2D eigenvalue weighted by atomic mass is 10.1. The molecule has 32 heavy (non-hydrogen) atoms. The van der Waals surface area contributed by atoms with Crippen molar-refractivity contribution in [2.45, 2.75) is 16.5 Å². The quantitative estimate of drug-likeness (QED) is 0.175. The Bertz CT molecular complexity index is 1240. The van der Waals surface area contributed by atoms with Gasteiger partial charge in [-0.15, -0.1) is 0 Å². The number of aryl methyl sites for hydroxylation is 1. The molecule has 0 aliphatic heterocycles. The van der Waals surface area contributed by atoms with Gasteiger partial charge in [-0.3, -0.25) is 4.68 Å². The van der Waals surface area contributed by atoms with E-state index in [9.17, 15) is 0 Å². The molecule has 0 bridgehead atoms. The van der Waals surface area contributed by atoms with Crippen LogP contribution in [0.4, 0.5) is 0 Å². The molecule has 0 saturated heterocycles. The van der Waals surface area contributed by atoms with Gasteiger partial charge in [-0.25, -0.2) is 0 Å². The minimum Gasteiger partial charge on any atom is -0.391 e. The normalized spacial score (nSPS) is 11.2. The first-order chi connectivity index (χ1) is 15.5. The first kappa shape index (κ1) is 22.9. The standard InChI is InChI=1S/C24H18BrCl2N3OS/c1-30-24(32-19-12-10-18(25)11-13-19)20(23(29-30)16-6-3-2-4-7-16)14-28-31-15-17-8-5-9-21(26)22(17)27/h2-14H,15H2,1H3/b28-14+. The minimum atomic E-state index is 0.214. The van der Waals surface area contributed by atoms with Crippen LogP contribution in [-0.2, 0) is 18.5 Å². The van der Waals surface area contributed by atoms with Gasteiger partial charge in [0.1, 0.15) is 17.3 Å². The van der Waals surface area contributed by atoms with Gasteiger partial charge in [0, 0.05) is 27.5 Å². The monoisotopic (exact) mass is 545 g/mol. The summed E-state index contributed by atoms with van der Waals surface area (Å²) in [5.74, 6) is 0. The first-order valence-electron chi connectivity index (χ1n) is 9.67. The fourth-order valence-electron chi connectivity index (χ4n) is 3.04. The smallest absolute Gasteiger partial charge is 0.143 e. The molecule has 0 saturated carbocycles. The lowest BCUT2D eigenvalue weighted by molar-refractivity contribution is 0.132. The van der Waals surface area contributed by atoms with E-state index in [1.54, 1.807) is 24.0 Å². The van der Waals surface area contributed by atoms with Gasteiger partial charge < -0.3 is 4.84 Å². The Morgan fingerprint density at radius 2 is 1.78 bits per heavy atom. The summed E-state index contributed by atoms with van der Waals surface area (Å²) in [5, 5.41) is 10.9. The molecule has 0 spiro atoms. The van der Waals surface area contributed by atoms with E-state index < -0.39 is 0 Å². The lowest BCUT2D eigenvalue weighted by Crippen LogP contribution is -1.94. The van der Waals surface area contributed by atoms with E-state index in [0.717, 1.165) is 36.8 Å². The van der Waals surface area contributed by atoms with Crippen LogP contribution in [0.1, 0.15) is 11.1 Å². The van der Waals surface area contributed by atoms with Crippen molar-refractivity contribution in [2.24, 2.45) is 12.2 Å². The van der Waals surface area contributed by atoms with Crippen LogP contribution in [0.5, 0.6) is 0 Å². The van der Waals surface area contributed by atoms with Crippen LogP contribution in [-0.4, -0.2) is 16.0 Å².